The van der Waals surface area contributed by atoms with E-state index < -0.39 is 0 Å². The second kappa shape index (κ2) is 5.88. The van der Waals surface area contributed by atoms with Crippen LogP contribution in [-0.2, 0) is 4.79 Å². The van der Waals surface area contributed by atoms with Gasteiger partial charge < -0.3 is 10.1 Å². The lowest BCUT2D eigenvalue weighted by Gasteiger charge is -2.12. The van der Waals surface area contributed by atoms with Gasteiger partial charge in [0.05, 0.1) is 7.11 Å². The predicted octanol–water partition coefficient (Wildman–Crippen LogP) is 4.45. The van der Waals surface area contributed by atoms with Crippen LogP contribution >= 0.6 is 0 Å². The van der Waals surface area contributed by atoms with Gasteiger partial charge in [-0.25, -0.2) is 4.39 Å². The number of hydrogen-bond acceptors (Lipinski definition) is 2. The number of hydrogen-bond donors (Lipinski definition) is 1. The highest BCUT2D eigenvalue weighted by Gasteiger charge is 2.24. The normalized spacial score (nSPS) is 15.0. The van der Waals surface area contributed by atoms with Crippen molar-refractivity contribution >= 4 is 23.2 Å². The number of carbonyl (C=O) groups excluding carboxylic acids is 1. The summed E-state index contributed by atoms with van der Waals surface area (Å²) in [6.45, 7) is 4.17. The molecule has 0 spiro atoms. The average Bonchev–Trinajstić information content (AvgIpc) is 2.83. The maximum absolute atomic E-state index is 13.5. The third-order valence-electron chi connectivity index (χ3n) is 3.95. The quantitative estimate of drug-likeness (QED) is 0.850. The van der Waals surface area contributed by atoms with Crippen molar-refractivity contribution in [2.24, 2.45) is 0 Å². The zero-order valence-corrected chi connectivity index (χ0v) is 13.3. The highest BCUT2D eigenvalue weighted by atomic mass is 19.1. The Kier molecular flexibility index (Phi) is 3.90. The molecular formula is C19H18FNO2. The first-order valence-electron chi connectivity index (χ1n) is 7.50. The summed E-state index contributed by atoms with van der Waals surface area (Å²) in [5, 5.41) is 2.76. The van der Waals surface area contributed by atoms with Crippen molar-refractivity contribution in [3.8, 4) is 5.75 Å². The SMILES string of the molecule is COc1ccc(C=C2C(=O)Nc3ccc(F)cc32)cc1C(C)C. The molecule has 1 amide bonds. The number of anilines is 1. The Morgan fingerprint density at radius 3 is 2.65 bits per heavy atom. The van der Waals surface area contributed by atoms with Gasteiger partial charge >= 0.3 is 0 Å². The van der Waals surface area contributed by atoms with E-state index in [1.54, 1.807) is 19.3 Å². The summed E-state index contributed by atoms with van der Waals surface area (Å²) in [4.78, 5) is 12.2. The number of benzene rings is 2. The standard InChI is InChI=1S/C19H18FNO2/c1-11(2)14-8-12(4-7-18(14)23-3)9-16-15-10-13(20)5-6-17(15)21-19(16)22/h4-11H,1-3H3,(H,21,22). The van der Waals surface area contributed by atoms with E-state index in [4.69, 9.17) is 4.74 Å². The van der Waals surface area contributed by atoms with E-state index >= 15 is 0 Å². The first-order chi connectivity index (χ1) is 11.0. The zero-order chi connectivity index (χ0) is 16.6. The van der Waals surface area contributed by atoms with Gasteiger partial charge in [-0.05, 0) is 53.5 Å². The molecule has 1 heterocycles. The number of carbonyl (C=O) groups is 1. The molecule has 0 unspecified atom stereocenters. The number of rotatable bonds is 3. The highest BCUT2D eigenvalue weighted by Crippen LogP contribution is 2.35. The average molecular weight is 311 g/mol. The van der Waals surface area contributed by atoms with E-state index in [2.05, 4.69) is 19.2 Å². The van der Waals surface area contributed by atoms with Crippen molar-refractivity contribution in [2.75, 3.05) is 12.4 Å². The van der Waals surface area contributed by atoms with Crippen LogP contribution in [0.5, 0.6) is 5.75 Å². The molecule has 0 aromatic heterocycles. The molecule has 0 radical (unpaired) electrons. The fraction of sp³-hybridized carbons (Fsp3) is 0.211. The molecule has 0 bridgehead atoms. The van der Waals surface area contributed by atoms with Gasteiger partial charge in [0.25, 0.3) is 5.91 Å². The van der Waals surface area contributed by atoms with Gasteiger partial charge in [0.15, 0.2) is 0 Å². The zero-order valence-electron chi connectivity index (χ0n) is 13.3. The molecular weight excluding hydrogens is 293 g/mol. The largest absolute Gasteiger partial charge is 0.496 e. The van der Waals surface area contributed by atoms with Gasteiger partial charge in [-0.3, -0.25) is 4.79 Å². The molecule has 1 N–H and O–H groups in total. The summed E-state index contributed by atoms with van der Waals surface area (Å²) in [6.07, 6.45) is 1.78. The molecule has 118 valence electrons. The fourth-order valence-corrected chi connectivity index (χ4v) is 2.76. The fourth-order valence-electron chi connectivity index (χ4n) is 2.76. The Hall–Kier alpha value is -2.62. The molecule has 0 aliphatic carbocycles. The molecule has 4 heteroatoms. The molecule has 3 nitrogen and oxygen atoms in total. The molecule has 0 saturated heterocycles. The lowest BCUT2D eigenvalue weighted by atomic mass is 9.97. The predicted molar refractivity (Wildman–Crippen MR) is 90.0 cm³/mol. The van der Waals surface area contributed by atoms with Crippen molar-refractivity contribution in [1.29, 1.82) is 0 Å². The Bertz CT molecular complexity index is 809. The second-order valence-corrected chi connectivity index (χ2v) is 5.86. The summed E-state index contributed by atoms with van der Waals surface area (Å²) in [5.74, 6) is 0.547. The second-order valence-electron chi connectivity index (χ2n) is 5.86. The van der Waals surface area contributed by atoms with Gasteiger partial charge in [0.2, 0.25) is 0 Å². The maximum atomic E-state index is 13.5. The lowest BCUT2D eigenvalue weighted by molar-refractivity contribution is -0.110. The molecule has 2 aromatic rings. The van der Waals surface area contributed by atoms with Crippen molar-refractivity contribution in [2.45, 2.75) is 19.8 Å². The number of amides is 1. The van der Waals surface area contributed by atoms with E-state index in [9.17, 15) is 9.18 Å². The Labute approximate surface area is 134 Å². The van der Waals surface area contributed by atoms with Crippen molar-refractivity contribution in [3.63, 3.8) is 0 Å². The number of ether oxygens (including phenoxy) is 1. The number of nitrogens with one attached hydrogen (secondary N) is 1. The van der Waals surface area contributed by atoms with Crippen LogP contribution in [0.15, 0.2) is 36.4 Å². The Balaban J connectivity index is 2.08. The van der Waals surface area contributed by atoms with Crippen molar-refractivity contribution in [1.82, 2.24) is 0 Å². The number of fused-ring (bicyclic) bond motifs is 1. The Morgan fingerprint density at radius 1 is 1.17 bits per heavy atom. The van der Waals surface area contributed by atoms with Gasteiger partial charge in [-0.1, -0.05) is 19.9 Å². The number of methoxy groups -OCH3 is 1. The summed E-state index contributed by atoms with van der Waals surface area (Å²) < 4.78 is 18.9. The summed E-state index contributed by atoms with van der Waals surface area (Å²) in [5.41, 5.74) is 3.66. The molecule has 2 aromatic carbocycles. The van der Waals surface area contributed by atoms with E-state index in [0.717, 1.165) is 16.9 Å². The van der Waals surface area contributed by atoms with Gasteiger partial charge in [0, 0.05) is 16.8 Å². The first kappa shape index (κ1) is 15.3. The summed E-state index contributed by atoms with van der Waals surface area (Å²) >= 11 is 0. The van der Waals surface area contributed by atoms with Crippen LogP contribution in [0, 0.1) is 5.82 Å². The van der Waals surface area contributed by atoms with Crippen LogP contribution in [0.3, 0.4) is 0 Å². The summed E-state index contributed by atoms with van der Waals surface area (Å²) in [6, 6.07) is 10.1. The molecule has 1 aliphatic rings. The van der Waals surface area contributed by atoms with E-state index in [1.807, 2.05) is 18.2 Å². The van der Waals surface area contributed by atoms with Crippen LogP contribution in [0.1, 0.15) is 36.5 Å². The first-order valence-corrected chi connectivity index (χ1v) is 7.50. The van der Waals surface area contributed by atoms with Gasteiger partial charge in [0.1, 0.15) is 11.6 Å². The molecule has 0 fully saturated rings. The highest BCUT2D eigenvalue weighted by molar-refractivity contribution is 6.34. The smallest absolute Gasteiger partial charge is 0.256 e. The van der Waals surface area contributed by atoms with Crippen LogP contribution in [0.2, 0.25) is 0 Å². The third kappa shape index (κ3) is 2.84. The van der Waals surface area contributed by atoms with Crippen LogP contribution in [0.25, 0.3) is 11.6 Å². The third-order valence-corrected chi connectivity index (χ3v) is 3.95. The maximum Gasteiger partial charge on any atom is 0.256 e. The van der Waals surface area contributed by atoms with Gasteiger partial charge in [-0.15, -0.1) is 0 Å². The van der Waals surface area contributed by atoms with Crippen LogP contribution in [-0.4, -0.2) is 13.0 Å². The molecule has 1 aliphatic heterocycles. The minimum atomic E-state index is -0.358. The van der Waals surface area contributed by atoms with E-state index in [0.29, 0.717) is 22.7 Å². The Morgan fingerprint density at radius 2 is 1.96 bits per heavy atom. The molecule has 0 atom stereocenters. The van der Waals surface area contributed by atoms with Crippen molar-refractivity contribution in [3.05, 3.63) is 58.9 Å². The monoisotopic (exact) mass is 311 g/mol. The van der Waals surface area contributed by atoms with Crippen LogP contribution in [0.4, 0.5) is 10.1 Å². The number of halogens is 1. The van der Waals surface area contributed by atoms with Crippen molar-refractivity contribution < 1.29 is 13.9 Å². The molecule has 0 saturated carbocycles. The van der Waals surface area contributed by atoms with E-state index in [-0.39, 0.29) is 11.7 Å². The molecule has 3 rings (SSSR count). The minimum Gasteiger partial charge on any atom is -0.496 e. The topological polar surface area (TPSA) is 38.3 Å². The summed E-state index contributed by atoms with van der Waals surface area (Å²) in [7, 11) is 1.64. The molecule has 23 heavy (non-hydrogen) atoms. The van der Waals surface area contributed by atoms with Gasteiger partial charge in [-0.2, -0.15) is 0 Å². The lowest BCUT2D eigenvalue weighted by Crippen LogP contribution is -2.03. The minimum absolute atomic E-state index is 0.215. The van der Waals surface area contributed by atoms with Crippen LogP contribution < -0.4 is 10.1 Å². The van der Waals surface area contributed by atoms with E-state index in [1.165, 1.54) is 12.1 Å².